The summed E-state index contributed by atoms with van der Waals surface area (Å²) < 4.78 is 14.5. The Balaban J connectivity index is 2.58. The van der Waals surface area contributed by atoms with Crippen LogP contribution in [0.2, 0.25) is 0 Å². The number of nitrogens with one attached hydrogen (secondary N) is 1. The summed E-state index contributed by atoms with van der Waals surface area (Å²) in [6.07, 6.45) is 0.930. The average molecular weight is 245 g/mol. The Morgan fingerprint density at radius 2 is 2.31 bits per heavy atom. The van der Waals surface area contributed by atoms with E-state index in [1.807, 2.05) is 6.92 Å². The van der Waals surface area contributed by atoms with Crippen LogP contribution in [0.15, 0.2) is 0 Å². The van der Waals surface area contributed by atoms with Crippen molar-refractivity contribution in [3.63, 3.8) is 0 Å². The van der Waals surface area contributed by atoms with Crippen LogP contribution in [-0.2, 0) is 4.74 Å². The molecule has 6 heteroatoms. The molecule has 0 spiro atoms. The molecule has 0 aliphatic rings. The summed E-state index contributed by atoms with van der Waals surface area (Å²) >= 11 is 1.33. The van der Waals surface area contributed by atoms with Gasteiger partial charge in [-0.3, -0.25) is 0 Å². The number of aromatic nitrogens is 1. The van der Waals surface area contributed by atoms with Gasteiger partial charge in [-0.15, -0.1) is 0 Å². The maximum atomic E-state index is 5.71. The second-order valence-electron chi connectivity index (χ2n) is 3.49. The highest BCUT2D eigenvalue weighted by molar-refractivity contribution is 7.11. The van der Waals surface area contributed by atoms with Crippen LogP contribution in [-0.4, -0.2) is 30.7 Å². The molecule has 1 aromatic rings. The molecule has 1 atom stereocenters. The third-order valence-corrected chi connectivity index (χ3v) is 2.87. The van der Waals surface area contributed by atoms with Crippen LogP contribution in [0, 0.1) is 0 Å². The minimum absolute atomic E-state index is 0.305. The van der Waals surface area contributed by atoms with Crippen molar-refractivity contribution in [3.8, 4) is 5.75 Å². The zero-order valence-corrected chi connectivity index (χ0v) is 10.8. The van der Waals surface area contributed by atoms with E-state index >= 15 is 0 Å². The minimum atomic E-state index is 0.305. The van der Waals surface area contributed by atoms with Crippen LogP contribution >= 0.6 is 11.5 Å². The van der Waals surface area contributed by atoms with Gasteiger partial charge in [0.25, 0.3) is 0 Å². The second kappa shape index (κ2) is 6.55. The lowest BCUT2D eigenvalue weighted by molar-refractivity contribution is 0.191. The Labute approximate surface area is 100 Å². The normalized spacial score (nSPS) is 12.4. The third kappa shape index (κ3) is 3.53. The summed E-state index contributed by atoms with van der Waals surface area (Å²) in [5.74, 6) is 1.12. The zero-order chi connectivity index (χ0) is 12.0. The van der Waals surface area contributed by atoms with E-state index in [1.54, 1.807) is 7.11 Å². The third-order valence-electron chi connectivity index (χ3n) is 2.10. The molecular formula is C10H19N3O2S. The SMILES string of the molecule is CCOc1c(N)nsc1NC(C)CCOC. The van der Waals surface area contributed by atoms with E-state index in [0.29, 0.717) is 24.2 Å². The van der Waals surface area contributed by atoms with Gasteiger partial charge in [0.2, 0.25) is 0 Å². The number of rotatable bonds is 7. The fourth-order valence-electron chi connectivity index (χ4n) is 1.26. The lowest BCUT2D eigenvalue weighted by Crippen LogP contribution is -2.17. The topological polar surface area (TPSA) is 69.4 Å². The maximum Gasteiger partial charge on any atom is 0.197 e. The molecule has 0 radical (unpaired) electrons. The lowest BCUT2D eigenvalue weighted by Gasteiger charge is -2.14. The fourth-order valence-corrected chi connectivity index (χ4v) is 2.03. The van der Waals surface area contributed by atoms with Gasteiger partial charge < -0.3 is 20.5 Å². The van der Waals surface area contributed by atoms with Crippen molar-refractivity contribution in [1.29, 1.82) is 0 Å². The largest absolute Gasteiger partial charge is 0.487 e. The van der Waals surface area contributed by atoms with Gasteiger partial charge in [0, 0.05) is 19.8 Å². The predicted octanol–water partition coefficient (Wildman–Crippen LogP) is 1.96. The van der Waals surface area contributed by atoms with E-state index < -0.39 is 0 Å². The van der Waals surface area contributed by atoms with Crippen LogP contribution < -0.4 is 15.8 Å². The molecule has 0 aliphatic carbocycles. The Morgan fingerprint density at radius 1 is 1.56 bits per heavy atom. The molecule has 3 N–H and O–H groups in total. The number of nitrogens with two attached hydrogens (primary N) is 1. The number of hydrogen-bond donors (Lipinski definition) is 2. The second-order valence-corrected chi connectivity index (χ2v) is 4.26. The summed E-state index contributed by atoms with van der Waals surface area (Å²) in [5.41, 5.74) is 5.71. The van der Waals surface area contributed by atoms with Gasteiger partial charge in [0.1, 0.15) is 0 Å². The quantitative estimate of drug-likeness (QED) is 0.768. The molecule has 0 saturated heterocycles. The Hall–Kier alpha value is -1.01. The van der Waals surface area contributed by atoms with Crippen LogP contribution in [0.4, 0.5) is 10.8 Å². The number of anilines is 2. The molecule has 0 aromatic carbocycles. The Kier molecular flexibility index (Phi) is 5.34. The molecule has 1 aromatic heterocycles. The summed E-state index contributed by atoms with van der Waals surface area (Å²) in [4.78, 5) is 0. The maximum absolute atomic E-state index is 5.71. The van der Waals surface area contributed by atoms with Crippen molar-refractivity contribution in [2.75, 3.05) is 31.4 Å². The monoisotopic (exact) mass is 245 g/mol. The Morgan fingerprint density at radius 3 is 2.94 bits per heavy atom. The van der Waals surface area contributed by atoms with E-state index in [9.17, 15) is 0 Å². The van der Waals surface area contributed by atoms with Crippen LogP contribution in [0.25, 0.3) is 0 Å². The molecule has 0 saturated carbocycles. The standard InChI is InChI=1S/C10H19N3O2S/c1-4-15-8-9(11)13-16-10(8)12-7(2)5-6-14-3/h7,12H,4-6H2,1-3H3,(H2,11,13). The molecule has 0 amide bonds. The van der Waals surface area contributed by atoms with Crippen molar-refractivity contribution in [1.82, 2.24) is 4.37 Å². The fraction of sp³-hybridized carbons (Fsp3) is 0.700. The molecular weight excluding hydrogens is 226 g/mol. The minimum Gasteiger partial charge on any atom is -0.487 e. The van der Waals surface area contributed by atoms with Gasteiger partial charge in [0.05, 0.1) is 6.61 Å². The van der Waals surface area contributed by atoms with Crippen LogP contribution in [0.5, 0.6) is 5.75 Å². The van der Waals surface area contributed by atoms with Gasteiger partial charge in [-0.2, -0.15) is 4.37 Å². The van der Waals surface area contributed by atoms with Crippen LogP contribution in [0.3, 0.4) is 0 Å². The number of ether oxygens (including phenoxy) is 2. The number of methoxy groups -OCH3 is 1. The van der Waals surface area contributed by atoms with Crippen molar-refractivity contribution < 1.29 is 9.47 Å². The lowest BCUT2D eigenvalue weighted by atomic mass is 10.2. The highest BCUT2D eigenvalue weighted by atomic mass is 32.1. The van der Waals surface area contributed by atoms with Gasteiger partial charge in [-0.05, 0) is 31.8 Å². The van der Waals surface area contributed by atoms with Gasteiger partial charge in [0.15, 0.2) is 16.6 Å². The molecule has 0 fully saturated rings. The average Bonchev–Trinajstić information content (AvgIpc) is 2.59. The van der Waals surface area contributed by atoms with E-state index in [2.05, 4.69) is 16.6 Å². The first kappa shape index (κ1) is 13.1. The Bertz CT molecular complexity index is 317. The van der Waals surface area contributed by atoms with Gasteiger partial charge in [-0.25, -0.2) is 0 Å². The molecule has 0 aliphatic heterocycles. The molecule has 92 valence electrons. The van der Waals surface area contributed by atoms with Crippen molar-refractivity contribution >= 4 is 22.4 Å². The summed E-state index contributed by atoms with van der Waals surface area (Å²) in [7, 11) is 1.70. The summed E-state index contributed by atoms with van der Waals surface area (Å²) in [6.45, 7) is 5.33. The number of hydrogen-bond acceptors (Lipinski definition) is 6. The highest BCUT2D eigenvalue weighted by Gasteiger charge is 2.14. The summed E-state index contributed by atoms with van der Waals surface area (Å²) in [6, 6.07) is 0.305. The van der Waals surface area contributed by atoms with E-state index in [0.717, 1.165) is 18.0 Å². The van der Waals surface area contributed by atoms with Gasteiger partial charge >= 0.3 is 0 Å². The van der Waals surface area contributed by atoms with Gasteiger partial charge in [-0.1, -0.05) is 0 Å². The van der Waals surface area contributed by atoms with E-state index in [4.69, 9.17) is 15.2 Å². The van der Waals surface area contributed by atoms with E-state index in [1.165, 1.54) is 11.5 Å². The predicted molar refractivity (Wildman–Crippen MR) is 67.3 cm³/mol. The van der Waals surface area contributed by atoms with Crippen molar-refractivity contribution in [2.24, 2.45) is 0 Å². The molecule has 1 rings (SSSR count). The number of nitrogens with zero attached hydrogens (tertiary/aromatic N) is 1. The van der Waals surface area contributed by atoms with Crippen LogP contribution in [0.1, 0.15) is 20.3 Å². The highest BCUT2D eigenvalue weighted by Crippen LogP contribution is 2.35. The summed E-state index contributed by atoms with van der Waals surface area (Å²) in [5, 5.41) is 4.21. The van der Waals surface area contributed by atoms with E-state index in [-0.39, 0.29) is 0 Å². The smallest absolute Gasteiger partial charge is 0.197 e. The molecule has 1 heterocycles. The molecule has 16 heavy (non-hydrogen) atoms. The zero-order valence-electron chi connectivity index (χ0n) is 9.95. The molecule has 5 nitrogen and oxygen atoms in total. The molecule has 0 bridgehead atoms. The first-order valence-electron chi connectivity index (χ1n) is 5.32. The first-order valence-corrected chi connectivity index (χ1v) is 6.09. The first-order chi connectivity index (χ1) is 7.69. The number of nitrogen functional groups attached to an aromatic ring is 1. The van der Waals surface area contributed by atoms with Crippen molar-refractivity contribution in [2.45, 2.75) is 26.3 Å². The van der Waals surface area contributed by atoms with Crippen molar-refractivity contribution in [3.05, 3.63) is 0 Å². The molecule has 1 unspecified atom stereocenters.